The molecule has 3 rings (SSSR count). The van der Waals surface area contributed by atoms with Crippen LogP contribution in [-0.4, -0.2) is 56.7 Å². The molecule has 2 fully saturated rings. The highest BCUT2D eigenvalue weighted by molar-refractivity contribution is 7.89. The first-order chi connectivity index (χ1) is 13.3. The first kappa shape index (κ1) is 21.1. The summed E-state index contributed by atoms with van der Waals surface area (Å²) in [7, 11) is -1.28. The second kappa shape index (κ2) is 8.82. The zero-order chi connectivity index (χ0) is 20.3. The molecule has 7 heteroatoms. The third kappa shape index (κ3) is 5.06. The molecule has 28 heavy (non-hydrogen) atoms. The van der Waals surface area contributed by atoms with Crippen molar-refractivity contribution in [3.05, 3.63) is 35.4 Å². The van der Waals surface area contributed by atoms with Crippen LogP contribution >= 0.6 is 0 Å². The second-order valence-corrected chi connectivity index (χ2v) is 10.5. The van der Waals surface area contributed by atoms with E-state index in [-0.39, 0.29) is 11.8 Å². The summed E-state index contributed by atoms with van der Waals surface area (Å²) in [5, 5.41) is 7.01. The number of nitrogens with zero attached hydrogens (tertiary/aromatic N) is 2. The Morgan fingerprint density at radius 1 is 1.18 bits per heavy atom. The molecule has 0 radical (unpaired) electrons. The minimum atomic E-state index is -3.07. The fourth-order valence-corrected chi connectivity index (χ4v) is 4.98. The Labute approximate surface area is 169 Å². The van der Waals surface area contributed by atoms with Gasteiger partial charge in [-0.1, -0.05) is 38.1 Å². The van der Waals surface area contributed by atoms with Crippen LogP contribution in [0.3, 0.4) is 0 Å². The van der Waals surface area contributed by atoms with Crippen LogP contribution in [0.25, 0.3) is 0 Å². The van der Waals surface area contributed by atoms with Crippen LogP contribution in [0.2, 0.25) is 0 Å². The summed E-state index contributed by atoms with van der Waals surface area (Å²) >= 11 is 0. The van der Waals surface area contributed by atoms with Crippen molar-refractivity contribution in [2.45, 2.75) is 64.0 Å². The Balaban J connectivity index is 1.47. The Bertz CT molecular complexity index is 781. The molecule has 2 aliphatic rings. The number of nitrogens with one attached hydrogen (secondary N) is 2. The molecule has 1 saturated heterocycles. The maximum atomic E-state index is 12.0. The fraction of sp³-hybridized carbons (Fsp3) is 0.667. The van der Waals surface area contributed by atoms with Gasteiger partial charge in [-0.25, -0.2) is 12.7 Å². The van der Waals surface area contributed by atoms with Gasteiger partial charge in [0.25, 0.3) is 0 Å². The maximum Gasteiger partial charge on any atom is 0.213 e. The van der Waals surface area contributed by atoms with E-state index in [2.05, 4.69) is 53.7 Å². The van der Waals surface area contributed by atoms with E-state index in [9.17, 15) is 8.42 Å². The third-order valence-electron chi connectivity index (χ3n) is 5.92. The number of piperidine rings is 1. The maximum absolute atomic E-state index is 12.0. The average Bonchev–Trinajstić information content (AvgIpc) is 3.47. The quantitative estimate of drug-likeness (QED) is 0.563. The van der Waals surface area contributed by atoms with Crippen molar-refractivity contribution in [1.82, 2.24) is 14.9 Å². The van der Waals surface area contributed by atoms with E-state index in [0.717, 1.165) is 25.2 Å². The highest BCUT2D eigenvalue weighted by atomic mass is 32.2. The van der Waals surface area contributed by atoms with Crippen LogP contribution in [-0.2, 0) is 10.0 Å². The molecule has 156 valence electrons. The van der Waals surface area contributed by atoms with Crippen LogP contribution in [0.5, 0.6) is 0 Å². The Hall–Kier alpha value is -1.60. The van der Waals surface area contributed by atoms with Gasteiger partial charge in [-0.2, -0.15) is 0 Å². The molecule has 1 aliphatic heterocycles. The Morgan fingerprint density at radius 3 is 2.36 bits per heavy atom. The summed E-state index contributed by atoms with van der Waals surface area (Å²) in [6.45, 7) is 7.30. The molecule has 1 aromatic carbocycles. The predicted octanol–water partition coefficient (Wildman–Crippen LogP) is 2.65. The third-order valence-corrected chi connectivity index (χ3v) is 7.80. The van der Waals surface area contributed by atoms with Crippen molar-refractivity contribution in [3.63, 3.8) is 0 Å². The molecule has 2 unspecified atom stereocenters. The molecule has 1 aliphatic carbocycles. The predicted molar refractivity (Wildman–Crippen MR) is 115 cm³/mol. The van der Waals surface area contributed by atoms with Crippen LogP contribution in [0, 0.1) is 0 Å². The molecular formula is C21H34N4O2S. The van der Waals surface area contributed by atoms with Gasteiger partial charge < -0.3 is 10.6 Å². The highest BCUT2D eigenvalue weighted by Gasteiger charge is 2.39. The largest absolute Gasteiger partial charge is 0.354 e. The number of benzene rings is 1. The van der Waals surface area contributed by atoms with Crippen LogP contribution in [0.15, 0.2) is 29.3 Å². The summed E-state index contributed by atoms with van der Waals surface area (Å²) in [4.78, 5) is 4.37. The van der Waals surface area contributed by atoms with E-state index < -0.39 is 10.0 Å². The van der Waals surface area contributed by atoms with Crippen molar-refractivity contribution in [2.75, 3.05) is 25.9 Å². The first-order valence-corrected chi connectivity index (χ1v) is 12.0. The molecule has 6 nitrogen and oxygen atoms in total. The van der Waals surface area contributed by atoms with Gasteiger partial charge >= 0.3 is 0 Å². The van der Waals surface area contributed by atoms with E-state index in [4.69, 9.17) is 0 Å². The van der Waals surface area contributed by atoms with Crippen molar-refractivity contribution in [3.8, 4) is 0 Å². The summed E-state index contributed by atoms with van der Waals surface area (Å²) < 4.78 is 25.6. The lowest BCUT2D eigenvalue weighted by atomic mass is 10.0. The molecule has 0 aromatic heterocycles. The Kier molecular flexibility index (Phi) is 6.65. The van der Waals surface area contributed by atoms with Crippen LogP contribution < -0.4 is 10.6 Å². The van der Waals surface area contributed by atoms with E-state index in [1.54, 1.807) is 18.3 Å². The number of sulfonamides is 1. The lowest BCUT2D eigenvalue weighted by Gasteiger charge is -2.32. The van der Waals surface area contributed by atoms with Gasteiger partial charge in [0.1, 0.15) is 0 Å². The van der Waals surface area contributed by atoms with Gasteiger partial charge in [0.05, 0.1) is 5.75 Å². The van der Waals surface area contributed by atoms with Crippen LogP contribution in [0.4, 0.5) is 0 Å². The van der Waals surface area contributed by atoms with Gasteiger partial charge in [-0.15, -0.1) is 0 Å². The molecule has 2 atom stereocenters. The van der Waals surface area contributed by atoms with E-state index in [1.165, 1.54) is 11.1 Å². The molecule has 2 N–H and O–H groups in total. The lowest BCUT2D eigenvalue weighted by molar-refractivity contribution is 0.306. The number of guanidine groups is 1. The van der Waals surface area contributed by atoms with E-state index in [0.29, 0.717) is 31.0 Å². The monoisotopic (exact) mass is 406 g/mol. The fourth-order valence-electron chi connectivity index (χ4n) is 3.85. The number of hydrogen-bond donors (Lipinski definition) is 2. The minimum absolute atomic E-state index is 0.176. The molecule has 0 bridgehead atoms. The lowest BCUT2D eigenvalue weighted by Crippen LogP contribution is -2.50. The molecule has 1 saturated carbocycles. The molecule has 1 aromatic rings. The van der Waals surface area contributed by atoms with Gasteiger partial charge in [0, 0.05) is 38.1 Å². The van der Waals surface area contributed by atoms with Crippen molar-refractivity contribution < 1.29 is 8.42 Å². The van der Waals surface area contributed by atoms with Crippen molar-refractivity contribution in [1.29, 1.82) is 0 Å². The van der Waals surface area contributed by atoms with E-state index >= 15 is 0 Å². The second-order valence-electron chi connectivity index (χ2n) is 8.20. The molecule has 0 amide bonds. The Morgan fingerprint density at radius 2 is 1.82 bits per heavy atom. The average molecular weight is 407 g/mol. The van der Waals surface area contributed by atoms with Crippen molar-refractivity contribution >= 4 is 16.0 Å². The van der Waals surface area contributed by atoms with E-state index in [1.807, 2.05) is 0 Å². The van der Waals surface area contributed by atoms with Gasteiger partial charge in [0.2, 0.25) is 10.0 Å². The number of hydrogen-bond acceptors (Lipinski definition) is 3. The number of rotatable bonds is 6. The smallest absolute Gasteiger partial charge is 0.213 e. The molecule has 1 heterocycles. The zero-order valence-corrected chi connectivity index (χ0v) is 18.3. The van der Waals surface area contributed by atoms with Gasteiger partial charge in [-0.05, 0) is 43.2 Å². The summed E-state index contributed by atoms with van der Waals surface area (Å²) in [5.41, 5.74) is 2.76. The summed E-state index contributed by atoms with van der Waals surface area (Å²) in [6, 6.07) is 9.65. The van der Waals surface area contributed by atoms with Gasteiger partial charge in [-0.3, -0.25) is 4.99 Å². The summed E-state index contributed by atoms with van der Waals surface area (Å²) in [6.07, 6.45) is 2.74. The highest BCUT2D eigenvalue weighted by Crippen LogP contribution is 2.41. The van der Waals surface area contributed by atoms with Crippen molar-refractivity contribution in [2.24, 2.45) is 4.99 Å². The molecule has 0 spiro atoms. The first-order valence-electron chi connectivity index (χ1n) is 10.4. The number of aliphatic imine (C=N–C) groups is 1. The van der Waals surface area contributed by atoms with Crippen LogP contribution in [0.1, 0.15) is 63.0 Å². The minimum Gasteiger partial charge on any atom is -0.354 e. The topological polar surface area (TPSA) is 73.8 Å². The zero-order valence-electron chi connectivity index (χ0n) is 17.5. The summed E-state index contributed by atoms with van der Waals surface area (Å²) in [5.74, 6) is 2.10. The normalized spacial score (nSPS) is 24.4. The molecular weight excluding hydrogens is 372 g/mol. The van der Waals surface area contributed by atoms with Gasteiger partial charge in [0.15, 0.2) is 5.96 Å². The standard InChI is InChI=1S/C21H34N4O2S/c1-5-28(26,27)25-12-10-18(11-13-25)23-21(22-4)24-20-14-19(20)17-8-6-16(7-9-17)15(2)3/h6-9,15,18-20H,5,10-14H2,1-4H3,(H2,22,23,24). The SMILES string of the molecule is CCS(=O)(=O)N1CCC(NC(=NC)NC2CC2c2ccc(C(C)C)cc2)CC1.